The zero-order valence-electron chi connectivity index (χ0n) is 13.7. The molecule has 0 amide bonds. The van der Waals surface area contributed by atoms with E-state index in [9.17, 15) is 8.42 Å². The van der Waals surface area contributed by atoms with E-state index in [0.29, 0.717) is 22.9 Å². The zero-order valence-corrected chi connectivity index (χ0v) is 14.5. The molecule has 24 heavy (non-hydrogen) atoms. The maximum atomic E-state index is 12.6. The van der Waals surface area contributed by atoms with Crippen LogP contribution in [0.25, 0.3) is 0 Å². The summed E-state index contributed by atoms with van der Waals surface area (Å²) in [7, 11) is -3.70. The molecule has 3 rings (SSSR count). The van der Waals surface area contributed by atoms with Gasteiger partial charge in [-0.25, -0.2) is 8.42 Å². The van der Waals surface area contributed by atoms with Crippen LogP contribution < -0.4 is 18.9 Å². The fraction of sp³-hybridized carbons (Fsp3) is 0.294. The predicted molar refractivity (Wildman–Crippen MR) is 90.3 cm³/mol. The first kappa shape index (κ1) is 16.4. The molecule has 0 saturated heterocycles. The maximum absolute atomic E-state index is 12.6. The molecule has 0 atom stereocenters. The Balaban J connectivity index is 1.84. The van der Waals surface area contributed by atoms with E-state index in [4.69, 9.17) is 14.2 Å². The highest BCUT2D eigenvalue weighted by Crippen LogP contribution is 2.35. The van der Waals surface area contributed by atoms with Gasteiger partial charge in [-0.15, -0.1) is 0 Å². The minimum Gasteiger partial charge on any atom is -0.491 e. The summed E-state index contributed by atoms with van der Waals surface area (Å²) in [6, 6.07) is 9.69. The normalized spacial score (nSPS) is 13.2. The quantitative estimate of drug-likeness (QED) is 0.896. The molecule has 1 N–H and O–H groups in total. The smallest absolute Gasteiger partial charge is 0.261 e. The maximum Gasteiger partial charge on any atom is 0.261 e. The summed E-state index contributed by atoms with van der Waals surface area (Å²) in [4.78, 5) is 0.175. The summed E-state index contributed by atoms with van der Waals surface area (Å²) in [6.07, 6.45) is 0.0258. The number of sulfonamides is 1. The molecule has 0 aromatic heterocycles. The number of fused-ring (bicyclic) bond motifs is 1. The van der Waals surface area contributed by atoms with Crippen molar-refractivity contribution in [3.8, 4) is 17.2 Å². The summed E-state index contributed by atoms with van der Waals surface area (Å²) in [5.41, 5.74) is 1.18. The molecular formula is C17H19NO5S. The van der Waals surface area contributed by atoms with Crippen molar-refractivity contribution in [1.29, 1.82) is 0 Å². The van der Waals surface area contributed by atoms with Gasteiger partial charge in [0.2, 0.25) is 6.79 Å². The van der Waals surface area contributed by atoms with Crippen LogP contribution in [0.1, 0.15) is 19.4 Å². The lowest BCUT2D eigenvalue weighted by Crippen LogP contribution is -2.13. The van der Waals surface area contributed by atoms with Gasteiger partial charge in [0.15, 0.2) is 11.5 Å². The first-order chi connectivity index (χ1) is 11.3. The zero-order chi connectivity index (χ0) is 17.3. The third-order valence-corrected chi connectivity index (χ3v) is 4.82. The van der Waals surface area contributed by atoms with Crippen molar-refractivity contribution < 1.29 is 22.6 Å². The van der Waals surface area contributed by atoms with Crippen molar-refractivity contribution >= 4 is 15.7 Å². The highest BCUT2D eigenvalue weighted by Gasteiger charge is 2.19. The Bertz CT molecular complexity index is 861. The topological polar surface area (TPSA) is 73.9 Å². The molecule has 128 valence electrons. The van der Waals surface area contributed by atoms with Gasteiger partial charge in [0.25, 0.3) is 10.0 Å². The number of rotatable bonds is 5. The number of nitrogens with one attached hydrogen (secondary N) is 1. The summed E-state index contributed by atoms with van der Waals surface area (Å²) < 4.78 is 43.8. The van der Waals surface area contributed by atoms with Crippen LogP contribution in [0.15, 0.2) is 41.3 Å². The summed E-state index contributed by atoms with van der Waals surface area (Å²) in [5.74, 6) is 1.79. The first-order valence-corrected chi connectivity index (χ1v) is 9.03. The van der Waals surface area contributed by atoms with Gasteiger partial charge in [0, 0.05) is 6.07 Å². The summed E-state index contributed by atoms with van der Waals surface area (Å²) >= 11 is 0. The molecule has 0 unspecified atom stereocenters. The third kappa shape index (κ3) is 3.41. The molecule has 0 bridgehead atoms. The van der Waals surface area contributed by atoms with E-state index in [1.165, 1.54) is 6.07 Å². The van der Waals surface area contributed by atoms with E-state index in [1.54, 1.807) is 30.3 Å². The van der Waals surface area contributed by atoms with E-state index >= 15 is 0 Å². The molecule has 1 heterocycles. The van der Waals surface area contributed by atoms with E-state index in [1.807, 2.05) is 20.8 Å². The molecule has 6 nitrogen and oxygen atoms in total. The van der Waals surface area contributed by atoms with E-state index < -0.39 is 10.0 Å². The van der Waals surface area contributed by atoms with Gasteiger partial charge in [-0.1, -0.05) is 0 Å². The Hall–Kier alpha value is -2.41. The van der Waals surface area contributed by atoms with Gasteiger partial charge in [-0.3, -0.25) is 4.72 Å². The number of anilines is 1. The molecule has 2 aromatic rings. The number of benzene rings is 2. The van der Waals surface area contributed by atoms with Crippen LogP contribution in [0.3, 0.4) is 0 Å². The van der Waals surface area contributed by atoms with Crippen molar-refractivity contribution in [2.75, 3.05) is 11.5 Å². The Morgan fingerprint density at radius 1 is 1.08 bits per heavy atom. The Labute approximate surface area is 141 Å². The Morgan fingerprint density at radius 2 is 1.83 bits per heavy atom. The van der Waals surface area contributed by atoms with Gasteiger partial charge < -0.3 is 14.2 Å². The van der Waals surface area contributed by atoms with Crippen molar-refractivity contribution in [1.82, 2.24) is 0 Å². The lowest BCUT2D eigenvalue weighted by atomic mass is 10.2. The molecule has 7 heteroatoms. The van der Waals surface area contributed by atoms with Crippen molar-refractivity contribution in [2.24, 2.45) is 0 Å². The highest BCUT2D eigenvalue weighted by molar-refractivity contribution is 7.92. The minimum atomic E-state index is -3.70. The lowest BCUT2D eigenvalue weighted by molar-refractivity contribution is 0.174. The van der Waals surface area contributed by atoms with Crippen LogP contribution in [0.4, 0.5) is 5.69 Å². The SMILES string of the molecule is Cc1cc(S(=O)(=O)Nc2ccc3c(c2)OCO3)ccc1OC(C)C. The molecule has 0 saturated carbocycles. The predicted octanol–water partition coefficient (Wildman–Crippen LogP) is 3.31. The fourth-order valence-electron chi connectivity index (χ4n) is 2.35. The van der Waals surface area contributed by atoms with Gasteiger partial charge in [-0.2, -0.15) is 0 Å². The van der Waals surface area contributed by atoms with Crippen LogP contribution in [0.5, 0.6) is 17.2 Å². The molecule has 0 fully saturated rings. The molecule has 0 radical (unpaired) electrons. The highest BCUT2D eigenvalue weighted by atomic mass is 32.2. The largest absolute Gasteiger partial charge is 0.491 e. The van der Waals surface area contributed by atoms with E-state index in [-0.39, 0.29) is 17.8 Å². The summed E-state index contributed by atoms with van der Waals surface area (Å²) in [5, 5.41) is 0. The summed E-state index contributed by atoms with van der Waals surface area (Å²) in [6.45, 7) is 5.80. The van der Waals surface area contributed by atoms with E-state index in [2.05, 4.69) is 4.72 Å². The molecule has 2 aromatic carbocycles. The van der Waals surface area contributed by atoms with Gasteiger partial charge in [-0.05, 0) is 56.7 Å². The number of hydrogen-bond acceptors (Lipinski definition) is 5. The van der Waals surface area contributed by atoms with Crippen LogP contribution in [0, 0.1) is 6.92 Å². The second-order valence-electron chi connectivity index (χ2n) is 5.77. The van der Waals surface area contributed by atoms with Gasteiger partial charge in [0.1, 0.15) is 5.75 Å². The second-order valence-corrected chi connectivity index (χ2v) is 7.45. The van der Waals surface area contributed by atoms with Crippen molar-refractivity contribution in [3.05, 3.63) is 42.0 Å². The average molecular weight is 349 g/mol. The minimum absolute atomic E-state index is 0.0258. The van der Waals surface area contributed by atoms with Crippen LogP contribution in [0.2, 0.25) is 0 Å². The number of ether oxygens (including phenoxy) is 3. The number of aryl methyl sites for hydroxylation is 1. The average Bonchev–Trinajstić information content (AvgIpc) is 2.96. The molecule has 0 spiro atoms. The molecule has 1 aliphatic heterocycles. The molecular weight excluding hydrogens is 330 g/mol. The standard InChI is InChI=1S/C17H19NO5S/c1-11(2)23-15-7-5-14(8-12(15)3)24(19,20)18-13-4-6-16-17(9-13)22-10-21-16/h4-9,11,18H,10H2,1-3H3. The van der Waals surface area contributed by atoms with Crippen LogP contribution >= 0.6 is 0 Å². The van der Waals surface area contributed by atoms with Gasteiger partial charge in [0.05, 0.1) is 16.7 Å². The lowest BCUT2D eigenvalue weighted by Gasteiger charge is -2.14. The monoisotopic (exact) mass is 349 g/mol. The second kappa shape index (κ2) is 6.24. The van der Waals surface area contributed by atoms with E-state index in [0.717, 1.165) is 5.56 Å². The van der Waals surface area contributed by atoms with Gasteiger partial charge >= 0.3 is 0 Å². The first-order valence-electron chi connectivity index (χ1n) is 7.55. The van der Waals surface area contributed by atoms with Crippen LogP contribution in [-0.2, 0) is 10.0 Å². The van der Waals surface area contributed by atoms with Crippen molar-refractivity contribution in [2.45, 2.75) is 31.8 Å². The number of hydrogen-bond donors (Lipinski definition) is 1. The molecule has 0 aliphatic carbocycles. The fourth-order valence-corrected chi connectivity index (χ4v) is 3.48. The molecule has 1 aliphatic rings. The van der Waals surface area contributed by atoms with Crippen molar-refractivity contribution in [3.63, 3.8) is 0 Å². The Kier molecular flexibility index (Phi) is 4.28. The van der Waals surface area contributed by atoms with Crippen LogP contribution in [-0.4, -0.2) is 21.3 Å². The Morgan fingerprint density at radius 3 is 2.54 bits per heavy atom. The third-order valence-electron chi connectivity index (χ3n) is 3.44.